The predicted octanol–water partition coefficient (Wildman–Crippen LogP) is 4.81. The molecular weight excluding hydrogens is 395 g/mol. The smallest absolute Gasteiger partial charge is 0.395 e. The maximum Gasteiger partial charge on any atom is 0.395 e. The molecule has 150 valence electrons. The molecule has 1 saturated carbocycles. The molecule has 30 heavy (non-hydrogen) atoms. The van der Waals surface area contributed by atoms with Crippen molar-refractivity contribution in [1.29, 1.82) is 5.26 Å². The van der Waals surface area contributed by atoms with Gasteiger partial charge in [-0.2, -0.15) is 18.4 Å². The zero-order chi connectivity index (χ0) is 20.9. The van der Waals surface area contributed by atoms with E-state index in [0.29, 0.717) is 28.2 Å². The van der Waals surface area contributed by atoms with E-state index in [0.717, 1.165) is 0 Å². The highest BCUT2D eigenvalue weighted by Crippen LogP contribution is 2.59. The number of hydrogen-bond acceptors (Lipinski definition) is 5. The molecule has 5 rings (SSSR count). The van der Waals surface area contributed by atoms with Crippen LogP contribution in [0.2, 0.25) is 0 Å². The Morgan fingerprint density at radius 3 is 2.73 bits per heavy atom. The van der Waals surface area contributed by atoms with Crippen molar-refractivity contribution in [3.63, 3.8) is 0 Å². The van der Waals surface area contributed by atoms with Crippen LogP contribution >= 0.6 is 0 Å². The van der Waals surface area contributed by atoms with Crippen LogP contribution in [0, 0.1) is 16.7 Å². The molecule has 0 spiro atoms. The lowest BCUT2D eigenvalue weighted by molar-refractivity contribution is -0.187. The van der Waals surface area contributed by atoms with E-state index in [2.05, 4.69) is 15.0 Å². The zero-order valence-corrected chi connectivity index (χ0v) is 15.5. The highest BCUT2D eigenvalue weighted by Gasteiger charge is 2.63. The van der Waals surface area contributed by atoms with Crippen LogP contribution in [0.25, 0.3) is 28.2 Å². The van der Waals surface area contributed by atoms with Crippen molar-refractivity contribution in [1.82, 2.24) is 19.4 Å². The number of halogens is 3. The highest BCUT2D eigenvalue weighted by molar-refractivity contribution is 5.79. The zero-order valence-electron chi connectivity index (χ0n) is 15.5. The van der Waals surface area contributed by atoms with E-state index in [-0.39, 0.29) is 30.8 Å². The van der Waals surface area contributed by atoms with Crippen LogP contribution in [0.15, 0.2) is 53.5 Å². The van der Waals surface area contributed by atoms with Gasteiger partial charge < -0.3 is 8.82 Å². The molecule has 0 saturated heterocycles. The quantitative estimate of drug-likeness (QED) is 0.483. The first kappa shape index (κ1) is 18.4. The van der Waals surface area contributed by atoms with E-state index in [1.807, 2.05) is 28.8 Å². The summed E-state index contributed by atoms with van der Waals surface area (Å²) in [4.78, 5) is 12.7. The minimum Gasteiger partial charge on any atom is -0.441 e. The van der Waals surface area contributed by atoms with Crippen LogP contribution < -0.4 is 0 Å². The number of oxazole rings is 1. The summed E-state index contributed by atoms with van der Waals surface area (Å²) >= 11 is 0. The fourth-order valence-corrected chi connectivity index (χ4v) is 3.52. The van der Waals surface area contributed by atoms with Crippen molar-refractivity contribution >= 4 is 5.65 Å². The van der Waals surface area contributed by atoms with Gasteiger partial charge in [-0.05, 0) is 37.1 Å². The Balaban J connectivity index is 1.55. The molecule has 4 aromatic heterocycles. The topological polar surface area (TPSA) is 80.0 Å². The monoisotopic (exact) mass is 409 g/mol. The maximum absolute atomic E-state index is 13.3. The van der Waals surface area contributed by atoms with E-state index < -0.39 is 11.6 Å². The number of aromatic nitrogens is 4. The lowest BCUT2D eigenvalue weighted by atomic mass is 10.0. The third-order valence-electron chi connectivity index (χ3n) is 5.44. The first-order chi connectivity index (χ1) is 14.4. The summed E-state index contributed by atoms with van der Waals surface area (Å²) in [5, 5.41) is 9.25. The van der Waals surface area contributed by atoms with Gasteiger partial charge in [-0.15, -0.1) is 0 Å². The van der Waals surface area contributed by atoms with Gasteiger partial charge in [0.25, 0.3) is 0 Å². The van der Waals surface area contributed by atoms with Gasteiger partial charge in [-0.1, -0.05) is 0 Å². The Hall–Kier alpha value is -3.67. The predicted molar refractivity (Wildman–Crippen MR) is 100 cm³/mol. The average Bonchev–Trinajstić information content (AvgIpc) is 3.16. The summed E-state index contributed by atoms with van der Waals surface area (Å²) in [6.45, 7) is 0. The van der Waals surface area contributed by atoms with Crippen LogP contribution in [-0.2, 0) is 6.42 Å². The van der Waals surface area contributed by atoms with E-state index in [1.54, 1.807) is 18.5 Å². The van der Waals surface area contributed by atoms with Crippen molar-refractivity contribution in [3.05, 3.63) is 60.6 Å². The fraction of sp³-hybridized carbons (Fsp3) is 0.238. The van der Waals surface area contributed by atoms with E-state index in [1.165, 1.54) is 12.3 Å². The van der Waals surface area contributed by atoms with Crippen molar-refractivity contribution < 1.29 is 17.6 Å². The number of alkyl halides is 3. The average molecular weight is 409 g/mol. The number of pyridine rings is 2. The Kier molecular flexibility index (Phi) is 3.93. The summed E-state index contributed by atoms with van der Waals surface area (Å²) in [7, 11) is 0. The Labute approximate surface area is 168 Å². The van der Waals surface area contributed by atoms with E-state index in [4.69, 9.17) is 4.42 Å². The van der Waals surface area contributed by atoms with Crippen molar-refractivity contribution in [2.45, 2.75) is 25.4 Å². The van der Waals surface area contributed by atoms with Gasteiger partial charge in [0.1, 0.15) is 17.4 Å². The largest absolute Gasteiger partial charge is 0.441 e. The van der Waals surface area contributed by atoms with E-state index >= 15 is 0 Å². The highest BCUT2D eigenvalue weighted by atomic mass is 19.4. The van der Waals surface area contributed by atoms with Gasteiger partial charge in [0.05, 0.1) is 17.3 Å². The number of imidazole rings is 1. The number of rotatable bonds is 4. The number of nitriles is 1. The van der Waals surface area contributed by atoms with E-state index in [9.17, 15) is 18.4 Å². The van der Waals surface area contributed by atoms with Crippen LogP contribution in [0.5, 0.6) is 0 Å². The Morgan fingerprint density at radius 2 is 2.00 bits per heavy atom. The molecule has 4 aromatic rings. The third-order valence-corrected chi connectivity index (χ3v) is 5.44. The summed E-state index contributed by atoms with van der Waals surface area (Å²) in [5.41, 5.74) is 0.895. The molecule has 6 nitrogen and oxygen atoms in total. The molecule has 0 aromatic carbocycles. The lowest BCUT2D eigenvalue weighted by Crippen LogP contribution is -2.26. The van der Waals surface area contributed by atoms with Gasteiger partial charge in [0.15, 0.2) is 11.7 Å². The second kappa shape index (κ2) is 6.42. The molecule has 0 amide bonds. The minimum absolute atomic E-state index is 0.0406. The van der Waals surface area contributed by atoms with Gasteiger partial charge in [-0.25, -0.2) is 15.0 Å². The van der Waals surface area contributed by atoms with Gasteiger partial charge >= 0.3 is 6.18 Å². The molecule has 1 fully saturated rings. The molecule has 1 aliphatic rings. The molecule has 0 aliphatic heterocycles. The minimum atomic E-state index is -4.28. The van der Waals surface area contributed by atoms with Gasteiger partial charge in [0, 0.05) is 36.1 Å². The molecule has 1 aliphatic carbocycles. The normalized spacial score (nSPS) is 15.3. The molecule has 0 atom stereocenters. The second-order valence-electron chi connectivity index (χ2n) is 7.39. The first-order valence-electron chi connectivity index (χ1n) is 9.25. The van der Waals surface area contributed by atoms with Crippen molar-refractivity contribution in [2.24, 2.45) is 5.41 Å². The Bertz CT molecular complexity index is 1290. The molecule has 0 radical (unpaired) electrons. The van der Waals surface area contributed by atoms with Crippen LogP contribution in [0.4, 0.5) is 13.2 Å². The van der Waals surface area contributed by atoms with Crippen molar-refractivity contribution in [2.75, 3.05) is 0 Å². The van der Waals surface area contributed by atoms with Gasteiger partial charge in [0.2, 0.25) is 0 Å². The molecule has 0 unspecified atom stereocenters. The van der Waals surface area contributed by atoms with Crippen LogP contribution in [0.1, 0.15) is 24.4 Å². The SMILES string of the molecule is N#Cc1ccc(-c2cnc(CC3(C(F)(F)F)CC3)o2)c(-c2ccn3ccnc3c2)n1. The maximum atomic E-state index is 13.3. The summed E-state index contributed by atoms with van der Waals surface area (Å²) in [5.74, 6) is 0.344. The number of nitrogens with zero attached hydrogens (tertiary/aromatic N) is 5. The lowest BCUT2D eigenvalue weighted by Gasteiger charge is -2.16. The number of hydrogen-bond donors (Lipinski definition) is 0. The third kappa shape index (κ3) is 3.01. The summed E-state index contributed by atoms with van der Waals surface area (Å²) in [6.07, 6.45) is 2.30. The fourth-order valence-electron chi connectivity index (χ4n) is 3.52. The van der Waals surface area contributed by atoms with Crippen LogP contribution in [-0.4, -0.2) is 25.5 Å². The van der Waals surface area contributed by atoms with Crippen molar-refractivity contribution in [3.8, 4) is 28.7 Å². The second-order valence-corrected chi connectivity index (χ2v) is 7.39. The standard InChI is InChI=1S/C21H14F3N5O/c22-21(23,24)20(4-5-20)10-18-27-12-16(30-18)15-2-1-14(11-25)28-19(15)13-3-7-29-8-6-26-17(29)9-13/h1-3,6-9,12H,4-5,10H2. The molecule has 4 heterocycles. The van der Waals surface area contributed by atoms with Gasteiger partial charge in [-0.3, -0.25) is 0 Å². The summed E-state index contributed by atoms with van der Waals surface area (Å²) < 4.78 is 47.3. The molecule has 0 bridgehead atoms. The number of fused-ring (bicyclic) bond motifs is 1. The molecule has 0 N–H and O–H groups in total. The van der Waals surface area contributed by atoms with Crippen LogP contribution in [0.3, 0.4) is 0 Å². The molecule has 9 heteroatoms. The molecular formula is C21H14F3N5O. The first-order valence-corrected chi connectivity index (χ1v) is 9.25. The summed E-state index contributed by atoms with van der Waals surface area (Å²) in [6, 6.07) is 8.84. The Morgan fingerprint density at radius 1 is 1.17 bits per heavy atom.